The summed E-state index contributed by atoms with van der Waals surface area (Å²) >= 11 is 0. The number of fused-ring (bicyclic) bond motifs is 2. The highest BCUT2D eigenvalue weighted by Crippen LogP contribution is 2.27. The van der Waals surface area contributed by atoms with Gasteiger partial charge in [-0.05, 0) is 31.2 Å². The van der Waals surface area contributed by atoms with E-state index in [-0.39, 0.29) is 31.2 Å². The molecular weight excluding hydrogens is 356 g/mol. The molecule has 0 radical (unpaired) electrons. The zero-order chi connectivity index (χ0) is 19.5. The van der Waals surface area contributed by atoms with Gasteiger partial charge in [0.15, 0.2) is 11.8 Å². The average molecular weight is 374 g/mol. The van der Waals surface area contributed by atoms with Crippen LogP contribution in [0.2, 0.25) is 0 Å². The van der Waals surface area contributed by atoms with E-state index < -0.39 is 12.1 Å². The largest absolute Gasteiger partial charge is 0.461 e. The van der Waals surface area contributed by atoms with E-state index in [1.54, 1.807) is 17.9 Å². The van der Waals surface area contributed by atoms with Crippen molar-refractivity contribution in [3.63, 3.8) is 0 Å². The summed E-state index contributed by atoms with van der Waals surface area (Å²) in [5.41, 5.74) is 2.93. The van der Waals surface area contributed by atoms with Crippen molar-refractivity contribution in [2.24, 2.45) is 5.16 Å². The summed E-state index contributed by atoms with van der Waals surface area (Å²) in [5.74, 6) is 5.60. The third-order valence-electron chi connectivity index (χ3n) is 4.56. The Hall–Kier alpha value is -3.59. The van der Waals surface area contributed by atoms with Gasteiger partial charge in [-0.1, -0.05) is 41.3 Å². The number of nitrogens with zero attached hydrogens (tertiary/aromatic N) is 2. The van der Waals surface area contributed by atoms with Gasteiger partial charge in [-0.3, -0.25) is 4.79 Å². The fraction of sp³-hybridized carbons (Fsp3) is 0.227. The van der Waals surface area contributed by atoms with Crippen LogP contribution in [-0.4, -0.2) is 36.8 Å². The molecule has 2 aromatic carbocycles. The van der Waals surface area contributed by atoms with Gasteiger partial charge in [-0.25, -0.2) is 4.79 Å². The van der Waals surface area contributed by atoms with Crippen LogP contribution >= 0.6 is 0 Å². The predicted octanol–water partition coefficient (Wildman–Crippen LogP) is 2.75. The number of amides is 1. The van der Waals surface area contributed by atoms with E-state index in [2.05, 4.69) is 17.0 Å². The SMILES string of the molecule is CCOC(=O)C1=NOC(CN2C(=O)c3ccccc3C#Cc3ccccc32)C1. The number of ether oxygens (including phenoxy) is 1. The molecule has 2 aromatic rings. The highest BCUT2D eigenvalue weighted by Gasteiger charge is 2.32. The van der Waals surface area contributed by atoms with Crippen molar-refractivity contribution in [3.8, 4) is 11.8 Å². The normalized spacial score (nSPS) is 17.2. The first-order valence-electron chi connectivity index (χ1n) is 9.09. The lowest BCUT2D eigenvalue weighted by Gasteiger charge is -2.27. The predicted molar refractivity (Wildman–Crippen MR) is 104 cm³/mol. The molecule has 2 aliphatic heterocycles. The Morgan fingerprint density at radius 1 is 1.18 bits per heavy atom. The molecule has 6 nitrogen and oxygen atoms in total. The van der Waals surface area contributed by atoms with Crippen LogP contribution in [0.15, 0.2) is 53.7 Å². The number of oxime groups is 1. The average Bonchev–Trinajstić information content (AvgIpc) is 3.19. The standard InChI is InChI=1S/C22H18N2O4/c1-2-27-22(26)19-13-17(28-23-19)14-24-20-10-6-4-8-16(20)12-11-15-7-3-5-9-18(15)21(24)25/h3-10,17H,2,13-14H2,1H3. The smallest absolute Gasteiger partial charge is 0.356 e. The molecule has 0 fully saturated rings. The van der Waals surface area contributed by atoms with Crippen molar-refractivity contribution >= 4 is 23.3 Å². The second-order valence-corrected chi connectivity index (χ2v) is 6.42. The first-order chi connectivity index (χ1) is 13.7. The van der Waals surface area contributed by atoms with Crippen molar-refractivity contribution in [1.29, 1.82) is 0 Å². The summed E-state index contributed by atoms with van der Waals surface area (Å²) in [6.07, 6.45) is -0.145. The zero-order valence-corrected chi connectivity index (χ0v) is 15.3. The first kappa shape index (κ1) is 17.8. The molecule has 0 aromatic heterocycles. The van der Waals surface area contributed by atoms with Crippen molar-refractivity contribution < 1.29 is 19.2 Å². The summed E-state index contributed by atoms with van der Waals surface area (Å²) in [5, 5.41) is 3.84. The fourth-order valence-corrected chi connectivity index (χ4v) is 3.23. The summed E-state index contributed by atoms with van der Waals surface area (Å²) in [6, 6.07) is 14.8. The number of hydrogen-bond donors (Lipinski definition) is 0. The minimum Gasteiger partial charge on any atom is -0.461 e. The molecule has 0 N–H and O–H groups in total. The lowest BCUT2D eigenvalue weighted by molar-refractivity contribution is -0.135. The zero-order valence-electron chi connectivity index (χ0n) is 15.3. The molecule has 0 aliphatic carbocycles. The molecule has 6 heteroatoms. The topological polar surface area (TPSA) is 68.2 Å². The number of carbonyl (C=O) groups excluding carboxylic acids is 2. The fourth-order valence-electron chi connectivity index (χ4n) is 3.23. The van der Waals surface area contributed by atoms with Gasteiger partial charge in [0.25, 0.3) is 5.91 Å². The molecule has 4 rings (SSSR count). The Morgan fingerprint density at radius 2 is 1.89 bits per heavy atom. The molecule has 0 bridgehead atoms. The van der Waals surface area contributed by atoms with E-state index in [1.807, 2.05) is 42.5 Å². The maximum atomic E-state index is 13.3. The number of carbonyl (C=O) groups is 2. The van der Waals surface area contributed by atoms with E-state index in [9.17, 15) is 9.59 Å². The maximum Gasteiger partial charge on any atom is 0.356 e. The van der Waals surface area contributed by atoms with E-state index in [4.69, 9.17) is 9.57 Å². The Kier molecular flexibility index (Phi) is 4.81. The lowest BCUT2D eigenvalue weighted by atomic mass is 10.0. The minimum atomic E-state index is -0.486. The number of benzene rings is 2. The van der Waals surface area contributed by atoms with Crippen LogP contribution in [0.5, 0.6) is 0 Å². The maximum absolute atomic E-state index is 13.3. The van der Waals surface area contributed by atoms with Crippen molar-refractivity contribution in [2.75, 3.05) is 18.1 Å². The third-order valence-corrected chi connectivity index (χ3v) is 4.56. The molecule has 2 aliphatic rings. The monoisotopic (exact) mass is 374 g/mol. The van der Waals surface area contributed by atoms with Gasteiger partial charge in [0.2, 0.25) is 0 Å². The quantitative estimate of drug-likeness (QED) is 0.610. The summed E-state index contributed by atoms with van der Waals surface area (Å²) in [6.45, 7) is 2.26. The second-order valence-electron chi connectivity index (χ2n) is 6.42. The lowest BCUT2D eigenvalue weighted by Crippen LogP contribution is -2.39. The van der Waals surface area contributed by atoms with Gasteiger partial charge >= 0.3 is 5.97 Å². The number of para-hydroxylation sites is 1. The van der Waals surface area contributed by atoms with Gasteiger partial charge in [0.1, 0.15) is 0 Å². The van der Waals surface area contributed by atoms with Crippen LogP contribution in [0, 0.1) is 11.8 Å². The summed E-state index contributed by atoms with van der Waals surface area (Å²) in [4.78, 5) is 32.3. The van der Waals surface area contributed by atoms with E-state index in [0.29, 0.717) is 16.8 Å². The molecule has 2 heterocycles. The molecule has 28 heavy (non-hydrogen) atoms. The van der Waals surface area contributed by atoms with E-state index >= 15 is 0 Å². The number of hydrogen-bond acceptors (Lipinski definition) is 5. The molecule has 0 saturated heterocycles. The molecule has 140 valence electrons. The molecule has 0 saturated carbocycles. The Morgan fingerprint density at radius 3 is 2.71 bits per heavy atom. The summed E-state index contributed by atoms with van der Waals surface area (Å²) < 4.78 is 4.98. The highest BCUT2D eigenvalue weighted by atomic mass is 16.6. The van der Waals surface area contributed by atoms with Gasteiger partial charge in [0, 0.05) is 17.5 Å². The highest BCUT2D eigenvalue weighted by molar-refractivity contribution is 6.36. The minimum absolute atomic E-state index is 0.162. The number of esters is 1. The van der Waals surface area contributed by atoms with Crippen LogP contribution in [0.4, 0.5) is 5.69 Å². The van der Waals surface area contributed by atoms with Gasteiger partial charge < -0.3 is 14.5 Å². The third kappa shape index (κ3) is 3.35. The second kappa shape index (κ2) is 7.57. The van der Waals surface area contributed by atoms with Gasteiger partial charge in [-0.15, -0.1) is 0 Å². The van der Waals surface area contributed by atoms with Crippen LogP contribution < -0.4 is 4.90 Å². The van der Waals surface area contributed by atoms with Crippen LogP contribution in [0.3, 0.4) is 0 Å². The van der Waals surface area contributed by atoms with E-state index in [1.165, 1.54) is 0 Å². The first-order valence-corrected chi connectivity index (χ1v) is 9.09. The molecule has 1 amide bonds. The van der Waals surface area contributed by atoms with Crippen molar-refractivity contribution in [3.05, 3.63) is 65.2 Å². The number of rotatable bonds is 4. The van der Waals surface area contributed by atoms with Gasteiger partial charge in [0.05, 0.1) is 24.4 Å². The molecule has 1 unspecified atom stereocenters. The summed E-state index contributed by atoms with van der Waals surface area (Å²) in [7, 11) is 0. The van der Waals surface area contributed by atoms with Gasteiger partial charge in [-0.2, -0.15) is 0 Å². The Balaban J connectivity index is 1.65. The molecule has 0 spiro atoms. The van der Waals surface area contributed by atoms with Crippen LogP contribution in [0.25, 0.3) is 0 Å². The molecule has 1 atom stereocenters. The Labute approximate surface area is 162 Å². The van der Waals surface area contributed by atoms with Crippen molar-refractivity contribution in [1.82, 2.24) is 0 Å². The van der Waals surface area contributed by atoms with E-state index in [0.717, 1.165) is 5.56 Å². The van der Waals surface area contributed by atoms with Crippen LogP contribution in [-0.2, 0) is 14.4 Å². The molecular formula is C22H18N2O4. The van der Waals surface area contributed by atoms with Crippen molar-refractivity contribution in [2.45, 2.75) is 19.4 Å². The van der Waals surface area contributed by atoms with Crippen LogP contribution in [0.1, 0.15) is 34.8 Å². The number of anilines is 1. The Bertz CT molecular complexity index is 1030.